The minimum Gasteiger partial charge on any atom is -0.463 e. The largest absolute Gasteiger partial charge is 0.463 e. The van der Waals surface area contributed by atoms with Crippen LogP contribution in [0.15, 0.2) is 37.0 Å². The van der Waals surface area contributed by atoms with Gasteiger partial charge in [-0.05, 0) is 50.4 Å². The zero-order valence-electron chi connectivity index (χ0n) is 17.4. The zero-order chi connectivity index (χ0) is 20.4. The summed E-state index contributed by atoms with van der Waals surface area (Å²) >= 11 is 0. The average Bonchev–Trinajstić information content (AvgIpc) is 2.51. The van der Waals surface area contributed by atoms with Crippen molar-refractivity contribution in [3.8, 4) is 0 Å². The molecule has 0 aliphatic heterocycles. The van der Waals surface area contributed by atoms with Crippen molar-refractivity contribution in [1.29, 1.82) is 0 Å². The SMILES string of the molecule is C=CC(=O)OCCC(C)(C)CC(C)=CCC(C)(C)CC(C)OC(=O)C=C. The first-order valence-electron chi connectivity index (χ1n) is 9.19. The van der Waals surface area contributed by atoms with Crippen molar-refractivity contribution >= 4 is 11.9 Å². The summed E-state index contributed by atoms with van der Waals surface area (Å²) in [5.41, 5.74) is 1.40. The van der Waals surface area contributed by atoms with Crippen LogP contribution in [0.3, 0.4) is 0 Å². The first kappa shape index (κ1) is 24.2. The lowest BCUT2D eigenvalue weighted by Gasteiger charge is -2.28. The fourth-order valence-electron chi connectivity index (χ4n) is 3.00. The Morgan fingerprint density at radius 3 is 2.15 bits per heavy atom. The standard InChI is InChI=1S/C22H36O4/c1-9-19(23)25-14-13-22(7,8)15-17(3)11-12-21(5,6)16-18(4)26-20(24)10-2/h9-11,18H,1-2,12-16H2,3-8H3. The Kier molecular flexibility index (Phi) is 10.2. The van der Waals surface area contributed by atoms with E-state index < -0.39 is 0 Å². The maximum absolute atomic E-state index is 11.3. The van der Waals surface area contributed by atoms with Gasteiger partial charge in [-0.25, -0.2) is 9.59 Å². The lowest BCUT2D eigenvalue weighted by atomic mass is 9.80. The van der Waals surface area contributed by atoms with Gasteiger partial charge in [-0.15, -0.1) is 0 Å². The van der Waals surface area contributed by atoms with Crippen LogP contribution >= 0.6 is 0 Å². The van der Waals surface area contributed by atoms with E-state index in [-0.39, 0.29) is 28.9 Å². The maximum Gasteiger partial charge on any atom is 0.330 e. The molecule has 0 saturated carbocycles. The van der Waals surface area contributed by atoms with Gasteiger partial charge in [0.05, 0.1) is 12.7 Å². The van der Waals surface area contributed by atoms with Gasteiger partial charge in [-0.3, -0.25) is 0 Å². The van der Waals surface area contributed by atoms with Crippen molar-refractivity contribution in [3.05, 3.63) is 37.0 Å². The second kappa shape index (κ2) is 11.0. The zero-order valence-corrected chi connectivity index (χ0v) is 17.4. The molecule has 0 saturated heterocycles. The van der Waals surface area contributed by atoms with E-state index in [1.807, 2.05) is 6.92 Å². The van der Waals surface area contributed by atoms with Crippen LogP contribution in [-0.2, 0) is 19.1 Å². The molecular formula is C22H36O4. The van der Waals surface area contributed by atoms with Gasteiger partial charge in [-0.2, -0.15) is 0 Å². The summed E-state index contributed by atoms with van der Waals surface area (Å²) in [5.74, 6) is -0.750. The van der Waals surface area contributed by atoms with Gasteiger partial charge in [-0.1, -0.05) is 52.5 Å². The van der Waals surface area contributed by atoms with E-state index in [9.17, 15) is 9.59 Å². The number of carbonyl (C=O) groups is 2. The number of allylic oxidation sites excluding steroid dienone is 2. The molecular weight excluding hydrogens is 328 g/mol. The molecule has 0 bridgehead atoms. The number of esters is 2. The van der Waals surface area contributed by atoms with Gasteiger partial charge in [0.1, 0.15) is 0 Å². The van der Waals surface area contributed by atoms with Crippen LogP contribution in [0.4, 0.5) is 0 Å². The third-order valence-corrected chi connectivity index (χ3v) is 4.27. The highest BCUT2D eigenvalue weighted by molar-refractivity contribution is 5.81. The number of rotatable bonds is 12. The van der Waals surface area contributed by atoms with E-state index in [1.165, 1.54) is 17.7 Å². The Morgan fingerprint density at radius 2 is 1.62 bits per heavy atom. The van der Waals surface area contributed by atoms with Crippen LogP contribution < -0.4 is 0 Å². The summed E-state index contributed by atoms with van der Waals surface area (Å²) in [7, 11) is 0. The van der Waals surface area contributed by atoms with Crippen LogP contribution in [0.25, 0.3) is 0 Å². The van der Waals surface area contributed by atoms with Crippen LogP contribution in [0.1, 0.15) is 67.2 Å². The monoisotopic (exact) mass is 364 g/mol. The molecule has 4 heteroatoms. The molecule has 0 rings (SSSR count). The molecule has 0 aromatic rings. The van der Waals surface area contributed by atoms with E-state index >= 15 is 0 Å². The van der Waals surface area contributed by atoms with Crippen molar-refractivity contribution in [1.82, 2.24) is 0 Å². The van der Waals surface area contributed by atoms with E-state index in [1.54, 1.807) is 0 Å². The fraction of sp³-hybridized carbons (Fsp3) is 0.636. The lowest BCUT2D eigenvalue weighted by Crippen LogP contribution is -2.22. The van der Waals surface area contributed by atoms with Crippen molar-refractivity contribution in [2.75, 3.05) is 6.61 Å². The van der Waals surface area contributed by atoms with Gasteiger partial charge in [0.2, 0.25) is 0 Å². The number of carbonyl (C=O) groups excluding carboxylic acids is 2. The highest BCUT2D eigenvalue weighted by Gasteiger charge is 2.23. The third kappa shape index (κ3) is 11.7. The quantitative estimate of drug-likeness (QED) is 0.264. The second-order valence-corrected chi connectivity index (χ2v) is 8.54. The molecule has 0 aromatic carbocycles. The van der Waals surface area contributed by atoms with Crippen LogP contribution in [-0.4, -0.2) is 24.6 Å². The third-order valence-electron chi connectivity index (χ3n) is 4.27. The van der Waals surface area contributed by atoms with Gasteiger partial charge in [0, 0.05) is 12.2 Å². The molecule has 0 aromatic heterocycles. The molecule has 0 N–H and O–H groups in total. The Morgan fingerprint density at radius 1 is 1.04 bits per heavy atom. The van der Waals surface area contributed by atoms with Gasteiger partial charge < -0.3 is 9.47 Å². The normalized spacial score (nSPS) is 13.7. The summed E-state index contributed by atoms with van der Waals surface area (Å²) in [5, 5.41) is 0. The molecule has 26 heavy (non-hydrogen) atoms. The average molecular weight is 365 g/mol. The Hall–Kier alpha value is -1.84. The van der Waals surface area contributed by atoms with Crippen molar-refractivity contribution < 1.29 is 19.1 Å². The van der Waals surface area contributed by atoms with Crippen LogP contribution in [0, 0.1) is 10.8 Å². The van der Waals surface area contributed by atoms with Crippen LogP contribution in [0.5, 0.6) is 0 Å². The second-order valence-electron chi connectivity index (χ2n) is 8.54. The molecule has 0 spiro atoms. The summed E-state index contributed by atoms with van der Waals surface area (Å²) in [4.78, 5) is 22.4. The van der Waals surface area contributed by atoms with Crippen molar-refractivity contribution in [2.24, 2.45) is 10.8 Å². The highest BCUT2D eigenvalue weighted by Crippen LogP contribution is 2.32. The number of hydrogen-bond acceptors (Lipinski definition) is 4. The lowest BCUT2D eigenvalue weighted by molar-refractivity contribution is -0.143. The van der Waals surface area contributed by atoms with Crippen LogP contribution in [0.2, 0.25) is 0 Å². The highest BCUT2D eigenvalue weighted by atomic mass is 16.5. The van der Waals surface area contributed by atoms with E-state index in [4.69, 9.17) is 9.47 Å². The minimum absolute atomic E-state index is 0.0335. The van der Waals surface area contributed by atoms with Gasteiger partial charge >= 0.3 is 11.9 Å². The summed E-state index contributed by atoms with van der Waals surface area (Å²) in [6.07, 6.45) is 7.95. The maximum atomic E-state index is 11.3. The topological polar surface area (TPSA) is 52.6 Å². The van der Waals surface area contributed by atoms with Crippen molar-refractivity contribution in [2.45, 2.75) is 73.3 Å². The Bertz CT molecular complexity index is 526. The first-order valence-corrected chi connectivity index (χ1v) is 9.19. The smallest absolute Gasteiger partial charge is 0.330 e. The molecule has 0 aliphatic carbocycles. The molecule has 1 atom stereocenters. The Balaban J connectivity index is 4.50. The molecule has 0 radical (unpaired) electrons. The van der Waals surface area contributed by atoms with Gasteiger partial charge in [0.15, 0.2) is 0 Å². The molecule has 0 aliphatic rings. The molecule has 0 amide bonds. The minimum atomic E-state index is -0.376. The van der Waals surface area contributed by atoms with E-state index in [2.05, 4.69) is 53.9 Å². The molecule has 148 valence electrons. The summed E-state index contributed by atoms with van der Waals surface area (Å²) in [6.45, 7) is 20.0. The molecule has 1 unspecified atom stereocenters. The Labute approximate surface area is 159 Å². The predicted molar refractivity (Wildman–Crippen MR) is 107 cm³/mol. The van der Waals surface area contributed by atoms with E-state index in [0.717, 1.165) is 25.7 Å². The summed E-state index contributed by atoms with van der Waals surface area (Å²) in [6, 6.07) is 0. The molecule has 0 fully saturated rings. The van der Waals surface area contributed by atoms with Crippen molar-refractivity contribution in [3.63, 3.8) is 0 Å². The fourth-order valence-corrected chi connectivity index (χ4v) is 3.00. The summed E-state index contributed by atoms with van der Waals surface area (Å²) < 4.78 is 10.4. The predicted octanol–water partition coefficient (Wildman–Crippen LogP) is 5.39. The first-order chi connectivity index (χ1) is 11.9. The molecule has 4 nitrogen and oxygen atoms in total. The molecule has 0 heterocycles. The van der Waals surface area contributed by atoms with Gasteiger partial charge in [0.25, 0.3) is 0 Å². The number of ether oxygens (including phenoxy) is 2. The van der Waals surface area contributed by atoms with E-state index in [0.29, 0.717) is 6.61 Å². The number of hydrogen-bond donors (Lipinski definition) is 0.